The second-order valence-electron chi connectivity index (χ2n) is 5.73. The maximum Gasteiger partial charge on any atom is 0.176 e. The third-order valence-electron chi connectivity index (χ3n) is 3.59. The minimum absolute atomic E-state index is 0.0399. The van der Waals surface area contributed by atoms with Gasteiger partial charge < -0.3 is 0 Å². The van der Waals surface area contributed by atoms with Crippen molar-refractivity contribution >= 4 is 78.0 Å². The average molecular weight is 451 g/mol. The van der Waals surface area contributed by atoms with Crippen molar-refractivity contribution in [3.05, 3.63) is 47.5 Å². The van der Waals surface area contributed by atoms with Crippen LogP contribution in [0.25, 0.3) is 12.2 Å². The van der Waals surface area contributed by atoms with Crippen LogP contribution >= 0.6 is 24.4 Å². The number of hydrogen-bond acceptors (Lipinski definition) is 8. The number of thiocarbonyl (C=S) groups is 2. The molecule has 0 spiro atoms. The molecule has 0 fully saturated rings. The fourth-order valence-electron chi connectivity index (χ4n) is 2.39. The summed E-state index contributed by atoms with van der Waals surface area (Å²) in [6, 6.07) is 9.05. The first-order valence-electron chi connectivity index (χ1n) is 7.58. The molecule has 0 aliphatic heterocycles. The van der Waals surface area contributed by atoms with Gasteiger partial charge in [0.25, 0.3) is 0 Å². The summed E-state index contributed by atoms with van der Waals surface area (Å²) in [7, 11) is -7.11. The van der Waals surface area contributed by atoms with Crippen LogP contribution in [0.5, 0.6) is 0 Å². The van der Waals surface area contributed by atoms with Gasteiger partial charge in [0.05, 0.1) is 31.5 Å². The maximum absolute atomic E-state index is 12.1. The smallest absolute Gasteiger partial charge is 0.176 e. The van der Waals surface area contributed by atoms with Crippen LogP contribution in [0.2, 0.25) is 0 Å². The largest absolute Gasteiger partial charge is 0.224 e. The summed E-state index contributed by atoms with van der Waals surface area (Å²) >= 11 is 9.08. The molecule has 0 aliphatic rings. The van der Waals surface area contributed by atoms with Crippen molar-refractivity contribution in [2.24, 2.45) is 9.98 Å². The molecule has 28 heavy (non-hydrogen) atoms. The lowest BCUT2D eigenvalue weighted by molar-refractivity contribution is 0.600. The molecule has 0 atom stereocenters. The van der Waals surface area contributed by atoms with E-state index in [1.807, 2.05) is 0 Å². The lowest BCUT2D eigenvalue weighted by Crippen LogP contribution is -2.01. The first-order valence-corrected chi connectivity index (χ1v) is 12.2. The Hall–Kier alpha value is -2.32. The minimum atomic E-state index is -3.56. The molecule has 0 N–H and O–H groups in total. The van der Waals surface area contributed by atoms with E-state index in [4.69, 9.17) is 0 Å². The molecular weight excluding hydrogens is 436 g/mol. The van der Waals surface area contributed by atoms with Gasteiger partial charge in [0.1, 0.15) is 0 Å². The molecule has 0 heterocycles. The van der Waals surface area contributed by atoms with E-state index in [0.717, 1.165) is 12.5 Å². The van der Waals surface area contributed by atoms with Gasteiger partial charge in [-0.05, 0) is 59.8 Å². The van der Waals surface area contributed by atoms with E-state index in [2.05, 4.69) is 44.7 Å². The van der Waals surface area contributed by atoms with Crippen LogP contribution in [0.15, 0.2) is 56.2 Å². The first kappa shape index (κ1) is 22.0. The molecule has 0 aliphatic carbocycles. The van der Waals surface area contributed by atoms with Gasteiger partial charge in [-0.3, -0.25) is 0 Å². The first-order chi connectivity index (χ1) is 13.1. The summed E-state index contributed by atoms with van der Waals surface area (Å²) in [6.07, 6.45) is 5.19. The molecular formula is C18H14N2O4S4. The Bertz CT molecular complexity index is 1170. The Morgan fingerprint density at radius 3 is 1.39 bits per heavy atom. The van der Waals surface area contributed by atoms with Crippen molar-refractivity contribution in [2.45, 2.75) is 9.79 Å². The van der Waals surface area contributed by atoms with Gasteiger partial charge in [0, 0.05) is 12.5 Å². The van der Waals surface area contributed by atoms with Crippen LogP contribution in [0.3, 0.4) is 0 Å². The molecule has 0 radical (unpaired) electrons. The number of isothiocyanates is 2. The monoisotopic (exact) mass is 450 g/mol. The number of nitrogens with zero attached hydrogens (tertiary/aromatic N) is 2. The van der Waals surface area contributed by atoms with Crippen LogP contribution in [0, 0.1) is 0 Å². The molecule has 2 aromatic carbocycles. The fraction of sp³-hybridized carbons (Fsp3) is 0.111. The highest BCUT2D eigenvalue weighted by Gasteiger charge is 2.15. The Kier molecular flexibility index (Phi) is 6.90. The molecule has 0 bridgehead atoms. The van der Waals surface area contributed by atoms with Crippen molar-refractivity contribution in [2.75, 3.05) is 12.5 Å². The SMILES string of the molecule is CS(=O)(=O)c1cc(N=C=S)ccc1C=Cc1ccc(N=C=S)cc1S(C)(=O)=O. The quantitative estimate of drug-likeness (QED) is 0.373. The highest BCUT2D eigenvalue weighted by molar-refractivity contribution is 7.91. The lowest BCUT2D eigenvalue weighted by atomic mass is 10.1. The third-order valence-corrected chi connectivity index (χ3v) is 6.07. The van der Waals surface area contributed by atoms with E-state index in [-0.39, 0.29) is 9.79 Å². The van der Waals surface area contributed by atoms with Crippen molar-refractivity contribution in [1.82, 2.24) is 0 Å². The molecule has 6 nitrogen and oxygen atoms in total. The summed E-state index contributed by atoms with van der Waals surface area (Å²) in [6.45, 7) is 0. The average Bonchev–Trinajstić information content (AvgIpc) is 2.60. The van der Waals surface area contributed by atoms with Gasteiger partial charge in [-0.1, -0.05) is 24.3 Å². The molecule has 0 unspecified atom stereocenters. The number of sulfone groups is 2. The Morgan fingerprint density at radius 2 is 1.11 bits per heavy atom. The van der Waals surface area contributed by atoms with Crippen molar-refractivity contribution in [1.29, 1.82) is 0 Å². The predicted molar refractivity (Wildman–Crippen MR) is 117 cm³/mol. The number of benzene rings is 2. The highest BCUT2D eigenvalue weighted by atomic mass is 32.2. The predicted octanol–water partition coefficient (Wildman–Crippen LogP) is 4.13. The van der Waals surface area contributed by atoms with Gasteiger partial charge in [0.2, 0.25) is 0 Å². The van der Waals surface area contributed by atoms with Crippen LogP contribution < -0.4 is 0 Å². The van der Waals surface area contributed by atoms with Gasteiger partial charge in [0.15, 0.2) is 19.7 Å². The number of aliphatic imine (C=N–C) groups is 2. The molecule has 0 aromatic heterocycles. The van der Waals surface area contributed by atoms with E-state index in [1.54, 1.807) is 24.3 Å². The molecule has 2 rings (SSSR count). The van der Waals surface area contributed by atoms with E-state index in [0.29, 0.717) is 22.5 Å². The molecule has 10 heteroatoms. The van der Waals surface area contributed by atoms with Gasteiger partial charge >= 0.3 is 0 Å². The topological polar surface area (TPSA) is 93.0 Å². The van der Waals surface area contributed by atoms with Gasteiger partial charge in [-0.2, -0.15) is 9.98 Å². The summed E-state index contributed by atoms with van der Waals surface area (Å²) < 4.78 is 48.5. The summed E-state index contributed by atoms with van der Waals surface area (Å²) in [5.41, 5.74) is 1.47. The fourth-order valence-corrected chi connectivity index (χ4v) is 4.40. The second kappa shape index (κ2) is 8.79. The molecule has 0 saturated carbocycles. The van der Waals surface area contributed by atoms with E-state index < -0.39 is 19.7 Å². The second-order valence-corrected chi connectivity index (χ2v) is 10.1. The molecule has 144 valence electrons. The maximum atomic E-state index is 12.1. The summed E-state index contributed by atoms with van der Waals surface area (Å²) in [5, 5.41) is 4.37. The van der Waals surface area contributed by atoms with Crippen LogP contribution in [-0.4, -0.2) is 39.7 Å². The van der Waals surface area contributed by atoms with Crippen molar-refractivity contribution in [3.63, 3.8) is 0 Å². The highest BCUT2D eigenvalue weighted by Crippen LogP contribution is 2.27. The summed E-state index contributed by atoms with van der Waals surface area (Å²) in [4.78, 5) is 7.65. The van der Waals surface area contributed by atoms with E-state index in [9.17, 15) is 16.8 Å². The standard InChI is InChI=1S/C18H14N2O4S4/c1-27(21,22)17-9-15(19-11-25)7-5-13(17)3-4-14-6-8-16(20-12-26)10-18(14)28(2,23)24/h3-10H,1-2H3. The van der Waals surface area contributed by atoms with Crippen molar-refractivity contribution in [3.8, 4) is 0 Å². The zero-order chi connectivity index (χ0) is 20.9. The summed E-state index contributed by atoms with van der Waals surface area (Å²) in [5.74, 6) is 0. The van der Waals surface area contributed by atoms with E-state index in [1.165, 1.54) is 24.3 Å². The van der Waals surface area contributed by atoms with Crippen LogP contribution in [0.4, 0.5) is 11.4 Å². The van der Waals surface area contributed by atoms with Crippen LogP contribution in [0.1, 0.15) is 11.1 Å². The molecule has 2 aromatic rings. The van der Waals surface area contributed by atoms with Crippen LogP contribution in [-0.2, 0) is 19.7 Å². The van der Waals surface area contributed by atoms with E-state index >= 15 is 0 Å². The normalized spacial score (nSPS) is 11.6. The molecule has 0 saturated heterocycles. The number of hydrogen-bond donors (Lipinski definition) is 0. The Balaban J connectivity index is 2.63. The zero-order valence-corrected chi connectivity index (χ0v) is 18.0. The minimum Gasteiger partial charge on any atom is -0.224 e. The van der Waals surface area contributed by atoms with Crippen molar-refractivity contribution < 1.29 is 16.8 Å². The Morgan fingerprint density at radius 1 is 0.750 bits per heavy atom. The van der Waals surface area contributed by atoms with Gasteiger partial charge in [-0.15, -0.1) is 0 Å². The Labute approximate surface area is 174 Å². The van der Waals surface area contributed by atoms with Gasteiger partial charge in [-0.25, -0.2) is 16.8 Å². The number of rotatable bonds is 6. The third kappa shape index (κ3) is 5.59. The molecule has 0 amide bonds. The zero-order valence-electron chi connectivity index (χ0n) is 14.8. The lowest BCUT2D eigenvalue weighted by Gasteiger charge is -2.07.